The highest BCUT2D eigenvalue weighted by Crippen LogP contribution is 2.11. The lowest BCUT2D eigenvalue weighted by atomic mass is 10.0. The standard InChI is InChI=1S/C15H19N3O6/c1-9(2)13(15(21)22)17-12(19)7-8-16-14(20)10-3-5-11(6-4-10)18(23)24/h3-6,9,13H,7-8H2,1-2H3,(H,16,20)(H,17,19)(H,21,22)/t13-/m0/s1. The molecule has 0 unspecified atom stereocenters. The molecule has 2 amide bonds. The summed E-state index contributed by atoms with van der Waals surface area (Å²) in [5.41, 5.74) is 0.103. The molecule has 9 heteroatoms. The highest BCUT2D eigenvalue weighted by atomic mass is 16.6. The van der Waals surface area contributed by atoms with Crippen LogP contribution in [-0.4, -0.2) is 40.4 Å². The fourth-order valence-electron chi connectivity index (χ4n) is 1.89. The lowest BCUT2D eigenvalue weighted by Crippen LogP contribution is -2.45. The Balaban J connectivity index is 2.46. The molecular formula is C15H19N3O6. The van der Waals surface area contributed by atoms with Gasteiger partial charge in [0.25, 0.3) is 11.6 Å². The fraction of sp³-hybridized carbons (Fsp3) is 0.400. The summed E-state index contributed by atoms with van der Waals surface area (Å²) in [6.07, 6.45) is -0.0742. The zero-order valence-electron chi connectivity index (χ0n) is 13.3. The third-order valence-electron chi connectivity index (χ3n) is 3.23. The van der Waals surface area contributed by atoms with Gasteiger partial charge in [0.2, 0.25) is 5.91 Å². The third kappa shape index (κ3) is 5.67. The second-order valence-electron chi connectivity index (χ2n) is 5.44. The van der Waals surface area contributed by atoms with Crippen LogP contribution in [0.25, 0.3) is 0 Å². The fourth-order valence-corrected chi connectivity index (χ4v) is 1.89. The van der Waals surface area contributed by atoms with Gasteiger partial charge in [-0.15, -0.1) is 0 Å². The molecule has 3 N–H and O–H groups in total. The average Bonchev–Trinajstić information content (AvgIpc) is 2.51. The van der Waals surface area contributed by atoms with Crippen molar-refractivity contribution < 1.29 is 24.4 Å². The maximum Gasteiger partial charge on any atom is 0.326 e. The van der Waals surface area contributed by atoms with E-state index in [1.165, 1.54) is 24.3 Å². The summed E-state index contributed by atoms with van der Waals surface area (Å²) >= 11 is 0. The molecule has 1 rings (SSSR count). The van der Waals surface area contributed by atoms with Crippen LogP contribution >= 0.6 is 0 Å². The second kappa shape index (κ2) is 8.61. The van der Waals surface area contributed by atoms with Crippen molar-refractivity contribution in [2.45, 2.75) is 26.3 Å². The van der Waals surface area contributed by atoms with E-state index in [0.717, 1.165) is 0 Å². The van der Waals surface area contributed by atoms with E-state index in [2.05, 4.69) is 10.6 Å². The van der Waals surface area contributed by atoms with Crippen molar-refractivity contribution in [1.82, 2.24) is 10.6 Å². The Morgan fingerprint density at radius 3 is 2.25 bits per heavy atom. The van der Waals surface area contributed by atoms with Gasteiger partial charge in [0.15, 0.2) is 0 Å². The summed E-state index contributed by atoms with van der Waals surface area (Å²) in [4.78, 5) is 44.5. The number of carboxylic acid groups (broad SMARTS) is 1. The van der Waals surface area contributed by atoms with Crippen LogP contribution in [0.3, 0.4) is 0 Å². The first-order chi connectivity index (χ1) is 11.2. The van der Waals surface area contributed by atoms with Gasteiger partial charge in [0, 0.05) is 30.7 Å². The molecule has 1 atom stereocenters. The van der Waals surface area contributed by atoms with Gasteiger partial charge in [-0.25, -0.2) is 4.79 Å². The van der Waals surface area contributed by atoms with E-state index in [4.69, 9.17) is 5.11 Å². The van der Waals surface area contributed by atoms with Gasteiger partial charge >= 0.3 is 5.97 Å². The van der Waals surface area contributed by atoms with Crippen molar-refractivity contribution in [2.24, 2.45) is 5.92 Å². The maximum atomic E-state index is 11.8. The largest absolute Gasteiger partial charge is 0.480 e. The van der Waals surface area contributed by atoms with Gasteiger partial charge in [-0.05, 0) is 18.1 Å². The second-order valence-corrected chi connectivity index (χ2v) is 5.44. The van der Waals surface area contributed by atoms with Crippen LogP contribution in [0.1, 0.15) is 30.6 Å². The quantitative estimate of drug-likeness (QED) is 0.476. The van der Waals surface area contributed by atoms with Crippen molar-refractivity contribution in [3.8, 4) is 0 Å². The Kier molecular flexibility index (Phi) is 6.84. The molecule has 0 aliphatic rings. The minimum atomic E-state index is -1.12. The molecular weight excluding hydrogens is 318 g/mol. The van der Waals surface area contributed by atoms with E-state index in [1.807, 2.05) is 0 Å². The molecule has 0 saturated carbocycles. The lowest BCUT2D eigenvalue weighted by Gasteiger charge is -2.17. The molecule has 0 aliphatic heterocycles. The summed E-state index contributed by atoms with van der Waals surface area (Å²) < 4.78 is 0. The molecule has 130 valence electrons. The van der Waals surface area contributed by atoms with Gasteiger partial charge in [0.05, 0.1) is 4.92 Å². The number of hydrogen-bond acceptors (Lipinski definition) is 5. The van der Waals surface area contributed by atoms with E-state index in [0.29, 0.717) is 0 Å². The van der Waals surface area contributed by atoms with Gasteiger partial charge in [-0.3, -0.25) is 19.7 Å². The van der Waals surface area contributed by atoms with Gasteiger partial charge < -0.3 is 15.7 Å². The molecule has 0 fully saturated rings. The number of nitro benzene ring substituents is 1. The molecule has 0 bridgehead atoms. The van der Waals surface area contributed by atoms with Crippen LogP contribution < -0.4 is 10.6 Å². The van der Waals surface area contributed by atoms with E-state index in [9.17, 15) is 24.5 Å². The number of amides is 2. The number of non-ortho nitro benzene ring substituents is 1. The third-order valence-corrected chi connectivity index (χ3v) is 3.23. The summed E-state index contributed by atoms with van der Waals surface area (Å²) in [5.74, 6) is -2.34. The first-order valence-electron chi connectivity index (χ1n) is 7.27. The van der Waals surface area contributed by atoms with Crippen molar-refractivity contribution in [3.63, 3.8) is 0 Å². The number of aliphatic carboxylic acids is 1. The zero-order valence-corrected chi connectivity index (χ0v) is 13.3. The molecule has 0 radical (unpaired) electrons. The number of benzene rings is 1. The Hall–Kier alpha value is -2.97. The average molecular weight is 337 g/mol. The number of carboxylic acids is 1. The molecule has 0 heterocycles. The Labute approximate surface area is 138 Å². The Morgan fingerprint density at radius 2 is 1.79 bits per heavy atom. The monoisotopic (exact) mass is 337 g/mol. The van der Waals surface area contributed by atoms with E-state index >= 15 is 0 Å². The summed E-state index contributed by atoms with van der Waals surface area (Å²) in [5, 5.41) is 24.4. The number of nitro groups is 1. The molecule has 0 spiro atoms. The smallest absolute Gasteiger partial charge is 0.326 e. The minimum Gasteiger partial charge on any atom is -0.480 e. The summed E-state index contributed by atoms with van der Waals surface area (Å²) in [7, 11) is 0. The van der Waals surface area contributed by atoms with Crippen molar-refractivity contribution >= 4 is 23.5 Å². The number of carbonyl (C=O) groups is 3. The summed E-state index contributed by atoms with van der Waals surface area (Å²) in [6, 6.07) is 4.06. The van der Waals surface area contributed by atoms with Crippen LogP contribution in [-0.2, 0) is 9.59 Å². The molecule has 24 heavy (non-hydrogen) atoms. The van der Waals surface area contributed by atoms with Gasteiger partial charge in [0.1, 0.15) is 6.04 Å². The molecule has 0 aromatic heterocycles. The van der Waals surface area contributed by atoms with Crippen molar-refractivity contribution in [2.75, 3.05) is 6.54 Å². The SMILES string of the molecule is CC(C)[C@H](NC(=O)CCNC(=O)c1ccc([N+](=O)[O-])cc1)C(=O)O. The van der Waals surface area contributed by atoms with E-state index in [1.54, 1.807) is 13.8 Å². The van der Waals surface area contributed by atoms with Crippen molar-refractivity contribution in [3.05, 3.63) is 39.9 Å². The Morgan fingerprint density at radius 1 is 1.21 bits per heavy atom. The predicted molar refractivity (Wildman–Crippen MR) is 84.5 cm³/mol. The normalized spacial score (nSPS) is 11.6. The number of carbonyl (C=O) groups excluding carboxylic acids is 2. The van der Waals surface area contributed by atoms with E-state index < -0.39 is 28.7 Å². The number of hydrogen-bond donors (Lipinski definition) is 3. The topological polar surface area (TPSA) is 139 Å². The molecule has 0 saturated heterocycles. The first-order valence-corrected chi connectivity index (χ1v) is 7.27. The molecule has 1 aromatic carbocycles. The number of nitrogens with zero attached hydrogens (tertiary/aromatic N) is 1. The van der Waals surface area contributed by atoms with Crippen LogP contribution in [0.4, 0.5) is 5.69 Å². The number of rotatable bonds is 8. The van der Waals surface area contributed by atoms with Crippen LogP contribution in [0.2, 0.25) is 0 Å². The minimum absolute atomic E-state index is 0.0199. The molecule has 0 aliphatic carbocycles. The predicted octanol–water partition coefficient (Wildman–Crippen LogP) is 0.940. The highest BCUT2D eigenvalue weighted by Gasteiger charge is 2.23. The van der Waals surface area contributed by atoms with Gasteiger partial charge in [-0.2, -0.15) is 0 Å². The zero-order chi connectivity index (χ0) is 18.3. The molecule has 9 nitrogen and oxygen atoms in total. The van der Waals surface area contributed by atoms with Crippen LogP contribution in [0, 0.1) is 16.0 Å². The van der Waals surface area contributed by atoms with Crippen molar-refractivity contribution in [1.29, 1.82) is 0 Å². The Bertz CT molecular complexity index is 627. The first kappa shape index (κ1) is 19.1. The highest BCUT2D eigenvalue weighted by molar-refractivity contribution is 5.94. The van der Waals surface area contributed by atoms with Gasteiger partial charge in [-0.1, -0.05) is 13.8 Å². The lowest BCUT2D eigenvalue weighted by molar-refractivity contribution is -0.384. The van der Waals surface area contributed by atoms with Crippen LogP contribution in [0.5, 0.6) is 0 Å². The van der Waals surface area contributed by atoms with Crippen LogP contribution in [0.15, 0.2) is 24.3 Å². The maximum absolute atomic E-state index is 11.8. The molecule has 1 aromatic rings. The summed E-state index contributed by atoms with van der Waals surface area (Å²) in [6.45, 7) is 3.37. The van der Waals surface area contributed by atoms with E-state index in [-0.39, 0.29) is 30.1 Å². The number of nitrogens with one attached hydrogen (secondary N) is 2.